The molecule has 58 valence electrons. The maximum Gasteiger partial charge on any atom is 0.287 e. The Hall–Kier alpha value is 0.805. The van der Waals surface area contributed by atoms with E-state index in [1.54, 1.807) is 0 Å². The van der Waals surface area contributed by atoms with Crippen LogP contribution in [0.5, 0.6) is 0 Å². The van der Waals surface area contributed by atoms with E-state index in [4.69, 9.17) is 17.9 Å². The lowest BCUT2D eigenvalue weighted by Gasteiger charge is -2.23. The number of hydrogen-bond acceptors (Lipinski definition) is 3. The van der Waals surface area contributed by atoms with Crippen LogP contribution in [0.4, 0.5) is 0 Å². The van der Waals surface area contributed by atoms with Crippen LogP contribution in [0.1, 0.15) is 6.42 Å². The zero-order chi connectivity index (χ0) is 8.04. The molecular weight excluding hydrogens is 169 g/mol. The smallest absolute Gasteiger partial charge is 0.287 e. The standard InChI is InChI=1S/C4H11BO3P2/c5-8-4(9,10)7-3-1-2-6/h6H,1-3,9-10H2. The van der Waals surface area contributed by atoms with Crippen LogP contribution in [0.2, 0.25) is 0 Å². The van der Waals surface area contributed by atoms with Gasteiger partial charge in [-0.15, -0.1) is 0 Å². The summed E-state index contributed by atoms with van der Waals surface area (Å²) in [5, 5.41) is 7.46. The molecule has 0 fully saturated rings. The van der Waals surface area contributed by atoms with Crippen LogP contribution in [-0.2, 0) is 9.39 Å². The van der Waals surface area contributed by atoms with E-state index in [1.807, 2.05) is 0 Å². The summed E-state index contributed by atoms with van der Waals surface area (Å²) in [6.07, 6.45) is 0.577. The summed E-state index contributed by atoms with van der Waals surface area (Å²) in [6.45, 7) is 0.524. The summed E-state index contributed by atoms with van der Waals surface area (Å²) in [5.41, 5.74) is 0. The molecule has 0 aromatic rings. The molecule has 3 nitrogen and oxygen atoms in total. The fourth-order valence-corrected chi connectivity index (χ4v) is 0.566. The maximum atomic E-state index is 8.37. The first-order valence-electron chi connectivity index (χ1n) is 2.83. The second kappa shape index (κ2) is 5.45. The molecule has 0 aliphatic heterocycles. The van der Waals surface area contributed by atoms with Gasteiger partial charge in [0.15, 0.2) is 5.27 Å². The van der Waals surface area contributed by atoms with Gasteiger partial charge < -0.3 is 14.5 Å². The second-order valence-electron chi connectivity index (χ2n) is 1.76. The molecule has 0 rings (SSSR count). The SMILES string of the molecule is [B]OC(P)(P)OCCCO. The Morgan fingerprint density at radius 3 is 2.50 bits per heavy atom. The third-order valence-corrected chi connectivity index (χ3v) is 1.42. The van der Waals surface area contributed by atoms with Crippen molar-refractivity contribution in [3.63, 3.8) is 0 Å². The normalized spacial score (nSPS) is 11.9. The highest BCUT2D eigenvalue weighted by Gasteiger charge is 2.14. The predicted molar refractivity (Wildman–Crippen MR) is 46.6 cm³/mol. The Morgan fingerprint density at radius 1 is 1.50 bits per heavy atom. The van der Waals surface area contributed by atoms with Crippen molar-refractivity contribution in [3.8, 4) is 0 Å². The van der Waals surface area contributed by atoms with Crippen molar-refractivity contribution in [3.05, 3.63) is 0 Å². The Bertz CT molecular complexity index is 90.6. The summed E-state index contributed by atoms with van der Waals surface area (Å²) in [5.74, 6) is 0. The van der Waals surface area contributed by atoms with E-state index in [0.29, 0.717) is 13.0 Å². The maximum absolute atomic E-state index is 8.37. The molecule has 0 aromatic carbocycles. The van der Waals surface area contributed by atoms with E-state index in [1.165, 1.54) is 0 Å². The van der Waals surface area contributed by atoms with Gasteiger partial charge in [0.05, 0.1) is 6.61 Å². The highest BCUT2D eigenvalue weighted by molar-refractivity contribution is 7.39. The van der Waals surface area contributed by atoms with E-state index < -0.39 is 5.27 Å². The molecule has 0 heterocycles. The summed E-state index contributed by atoms with van der Waals surface area (Å²) >= 11 is 0. The molecule has 0 aromatic heterocycles. The topological polar surface area (TPSA) is 38.7 Å². The van der Waals surface area contributed by atoms with Crippen LogP contribution in [0, 0.1) is 0 Å². The van der Waals surface area contributed by atoms with Crippen LogP contribution in [-0.4, -0.2) is 31.6 Å². The summed E-state index contributed by atoms with van der Waals surface area (Å²) in [6, 6.07) is 0. The van der Waals surface area contributed by atoms with Gasteiger partial charge in [0, 0.05) is 6.61 Å². The molecule has 0 bridgehead atoms. The summed E-state index contributed by atoms with van der Waals surface area (Å²) < 4.78 is 9.44. The molecule has 0 amide bonds. The van der Waals surface area contributed by atoms with Gasteiger partial charge in [-0.25, -0.2) is 0 Å². The van der Waals surface area contributed by atoms with Crippen molar-refractivity contribution in [2.45, 2.75) is 11.7 Å². The van der Waals surface area contributed by atoms with Gasteiger partial charge in [0.2, 0.25) is 0 Å². The Labute approximate surface area is 66.7 Å². The molecule has 0 aliphatic rings. The molecule has 0 spiro atoms. The van der Waals surface area contributed by atoms with E-state index in [-0.39, 0.29) is 6.61 Å². The Balaban J connectivity index is 3.28. The fourth-order valence-electron chi connectivity index (χ4n) is 0.330. The van der Waals surface area contributed by atoms with Crippen molar-refractivity contribution < 1.29 is 14.5 Å². The molecular formula is C4H11BO3P2. The number of aliphatic hydroxyl groups excluding tert-OH is 1. The second-order valence-corrected chi connectivity index (χ2v) is 4.04. The molecule has 2 radical (unpaired) electrons. The minimum atomic E-state index is -0.908. The zero-order valence-corrected chi connectivity index (χ0v) is 7.93. The number of rotatable bonds is 5. The summed E-state index contributed by atoms with van der Waals surface area (Å²) in [7, 11) is 9.41. The highest BCUT2D eigenvalue weighted by Crippen LogP contribution is 2.28. The predicted octanol–water partition coefficient (Wildman–Crippen LogP) is -0.153. The first-order chi connectivity index (χ1) is 4.62. The average Bonchev–Trinajstić information content (AvgIpc) is 1.89. The van der Waals surface area contributed by atoms with Crippen molar-refractivity contribution in [1.29, 1.82) is 0 Å². The van der Waals surface area contributed by atoms with E-state index in [2.05, 4.69) is 23.1 Å². The molecule has 10 heavy (non-hydrogen) atoms. The molecule has 0 saturated heterocycles. The zero-order valence-electron chi connectivity index (χ0n) is 5.62. The molecule has 0 saturated carbocycles. The minimum absolute atomic E-state index is 0.107. The minimum Gasteiger partial charge on any atom is -0.417 e. The summed E-state index contributed by atoms with van der Waals surface area (Å²) in [4.78, 5) is 0. The third kappa shape index (κ3) is 5.58. The molecule has 0 aliphatic carbocycles. The van der Waals surface area contributed by atoms with Crippen LogP contribution in [0.15, 0.2) is 0 Å². The lowest BCUT2D eigenvalue weighted by Crippen LogP contribution is -2.20. The van der Waals surface area contributed by atoms with Crippen LogP contribution < -0.4 is 0 Å². The number of hydrogen-bond donors (Lipinski definition) is 1. The van der Waals surface area contributed by atoms with Crippen LogP contribution >= 0.6 is 18.5 Å². The van der Waals surface area contributed by atoms with Crippen LogP contribution in [0.25, 0.3) is 0 Å². The van der Waals surface area contributed by atoms with Gasteiger partial charge >= 0.3 is 0 Å². The monoisotopic (exact) mass is 180 g/mol. The molecule has 2 atom stereocenters. The number of ether oxygens (including phenoxy) is 1. The quantitative estimate of drug-likeness (QED) is 0.276. The third-order valence-electron chi connectivity index (χ3n) is 0.814. The number of aliphatic hydroxyl groups is 1. The van der Waals surface area contributed by atoms with E-state index in [9.17, 15) is 0 Å². The van der Waals surface area contributed by atoms with E-state index >= 15 is 0 Å². The van der Waals surface area contributed by atoms with E-state index in [0.717, 1.165) is 0 Å². The van der Waals surface area contributed by atoms with Gasteiger partial charge in [0.1, 0.15) is 0 Å². The first kappa shape index (κ1) is 10.8. The highest BCUT2D eigenvalue weighted by atomic mass is 31.1. The van der Waals surface area contributed by atoms with Gasteiger partial charge in [0.25, 0.3) is 8.05 Å². The average molecular weight is 180 g/mol. The lowest BCUT2D eigenvalue weighted by atomic mass is 10.5. The largest absolute Gasteiger partial charge is 0.417 e. The van der Waals surface area contributed by atoms with Gasteiger partial charge in [-0.2, -0.15) is 0 Å². The Morgan fingerprint density at radius 2 is 2.10 bits per heavy atom. The molecule has 1 N–H and O–H groups in total. The Kier molecular flexibility index (Phi) is 5.89. The van der Waals surface area contributed by atoms with Crippen molar-refractivity contribution in [2.24, 2.45) is 0 Å². The van der Waals surface area contributed by atoms with Crippen molar-refractivity contribution >= 4 is 26.5 Å². The van der Waals surface area contributed by atoms with Crippen molar-refractivity contribution in [2.75, 3.05) is 13.2 Å². The van der Waals surface area contributed by atoms with Crippen molar-refractivity contribution in [1.82, 2.24) is 0 Å². The first-order valence-corrected chi connectivity index (χ1v) is 3.98. The lowest BCUT2D eigenvalue weighted by molar-refractivity contribution is -0.0441. The van der Waals surface area contributed by atoms with Gasteiger partial charge in [-0.3, -0.25) is 0 Å². The van der Waals surface area contributed by atoms with Gasteiger partial charge in [-0.1, -0.05) is 18.5 Å². The molecule has 2 unspecified atom stereocenters. The fraction of sp³-hybridized carbons (Fsp3) is 1.00. The van der Waals surface area contributed by atoms with Gasteiger partial charge in [-0.05, 0) is 6.42 Å². The molecule has 6 heteroatoms. The van der Waals surface area contributed by atoms with Crippen LogP contribution in [0.3, 0.4) is 0 Å².